The third kappa shape index (κ3) is 2.29. The van der Waals surface area contributed by atoms with Gasteiger partial charge in [0.2, 0.25) is 6.08 Å². The first-order chi connectivity index (χ1) is 6.81. The normalized spacial score (nSPS) is 11.1. The zero-order chi connectivity index (χ0) is 10.4. The van der Waals surface area contributed by atoms with Gasteiger partial charge in [-0.25, -0.2) is 4.79 Å². The van der Waals surface area contributed by atoms with Gasteiger partial charge < -0.3 is 0 Å². The number of nitriles is 1. The lowest BCUT2D eigenvalue weighted by molar-refractivity contribution is 0.561. The van der Waals surface area contributed by atoms with E-state index in [9.17, 15) is 4.79 Å². The highest BCUT2D eigenvalue weighted by Gasteiger charge is 2.07. The van der Waals surface area contributed by atoms with Crippen molar-refractivity contribution in [2.24, 2.45) is 4.99 Å². The Hall–Kier alpha value is -1.91. The highest BCUT2D eigenvalue weighted by molar-refractivity contribution is 5.38. The van der Waals surface area contributed by atoms with Gasteiger partial charge in [-0.1, -0.05) is 31.2 Å². The van der Waals surface area contributed by atoms with Gasteiger partial charge in [0.25, 0.3) is 0 Å². The molecule has 0 aromatic heterocycles. The van der Waals surface area contributed by atoms with E-state index in [1.807, 2.05) is 30.3 Å². The number of hydrogen-bond donors (Lipinski definition) is 0. The predicted octanol–water partition coefficient (Wildman–Crippen LogP) is 2.15. The summed E-state index contributed by atoms with van der Waals surface area (Å²) in [6, 6.07) is 8.69. The highest BCUT2D eigenvalue weighted by Crippen LogP contribution is 2.16. The van der Waals surface area contributed by atoms with Crippen LogP contribution < -0.4 is 0 Å². The Kier molecular flexibility index (Phi) is 3.60. The van der Waals surface area contributed by atoms with Crippen LogP contribution in [0.15, 0.2) is 29.3 Å². The van der Waals surface area contributed by atoms with E-state index in [4.69, 9.17) is 5.26 Å². The molecule has 1 rings (SSSR count). The summed E-state index contributed by atoms with van der Waals surface area (Å²) < 4.78 is 0. The molecular weight excluding hydrogens is 176 g/mol. The van der Waals surface area contributed by atoms with Gasteiger partial charge in [0, 0.05) is 0 Å². The topological polar surface area (TPSA) is 53.2 Å². The maximum Gasteiger partial charge on any atom is 0.236 e. The molecule has 0 aliphatic heterocycles. The van der Waals surface area contributed by atoms with Crippen molar-refractivity contribution in [3.05, 3.63) is 35.4 Å². The van der Waals surface area contributed by atoms with Crippen LogP contribution >= 0.6 is 0 Å². The van der Waals surface area contributed by atoms with Gasteiger partial charge in [-0.05, 0) is 17.5 Å². The molecule has 1 aromatic carbocycles. The smallest absolute Gasteiger partial charge is 0.211 e. The maximum atomic E-state index is 10.0. The van der Waals surface area contributed by atoms with Crippen LogP contribution in [0.4, 0.5) is 0 Å². The van der Waals surface area contributed by atoms with Crippen molar-refractivity contribution < 1.29 is 4.79 Å². The van der Waals surface area contributed by atoms with Crippen LogP contribution in [-0.2, 0) is 11.2 Å². The Balaban J connectivity index is 2.96. The minimum Gasteiger partial charge on any atom is -0.211 e. The van der Waals surface area contributed by atoms with Crippen LogP contribution in [0, 0.1) is 11.3 Å². The van der Waals surface area contributed by atoms with Crippen molar-refractivity contribution in [1.29, 1.82) is 5.26 Å². The second kappa shape index (κ2) is 4.96. The molecule has 0 fully saturated rings. The van der Waals surface area contributed by atoms with E-state index in [2.05, 4.69) is 11.9 Å². The van der Waals surface area contributed by atoms with Gasteiger partial charge in [-0.2, -0.15) is 10.3 Å². The molecule has 70 valence electrons. The van der Waals surface area contributed by atoms with Gasteiger partial charge in [0.15, 0.2) is 6.04 Å². The Morgan fingerprint density at radius 1 is 1.43 bits per heavy atom. The van der Waals surface area contributed by atoms with E-state index >= 15 is 0 Å². The molecule has 1 unspecified atom stereocenters. The molecular formula is C11H10N2O. The number of carbonyl (C=O) groups excluding carboxylic acids is 1. The predicted molar refractivity (Wildman–Crippen MR) is 52.3 cm³/mol. The minimum atomic E-state index is -0.724. The largest absolute Gasteiger partial charge is 0.236 e. The van der Waals surface area contributed by atoms with Crippen LogP contribution in [-0.4, -0.2) is 6.08 Å². The number of rotatable bonds is 3. The van der Waals surface area contributed by atoms with Crippen molar-refractivity contribution in [2.45, 2.75) is 19.4 Å². The molecule has 3 nitrogen and oxygen atoms in total. The average Bonchev–Trinajstić information content (AvgIpc) is 2.26. The number of hydrogen-bond acceptors (Lipinski definition) is 3. The van der Waals surface area contributed by atoms with Crippen molar-refractivity contribution in [3.8, 4) is 6.07 Å². The third-order valence-corrected chi connectivity index (χ3v) is 2.01. The molecule has 0 aliphatic rings. The molecule has 0 saturated heterocycles. The lowest BCUT2D eigenvalue weighted by atomic mass is 10.1. The average molecular weight is 186 g/mol. The van der Waals surface area contributed by atoms with Gasteiger partial charge in [0.1, 0.15) is 0 Å². The number of nitrogens with zero attached hydrogens (tertiary/aromatic N) is 2. The molecule has 14 heavy (non-hydrogen) atoms. The highest BCUT2D eigenvalue weighted by atomic mass is 16.1. The molecule has 0 heterocycles. The summed E-state index contributed by atoms with van der Waals surface area (Å²) in [6.07, 6.45) is 2.35. The first-order valence-electron chi connectivity index (χ1n) is 4.37. The number of aryl methyl sites for hydroxylation is 1. The van der Waals surface area contributed by atoms with Crippen LogP contribution in [0.5, 0.6) is 0 Å². The summed E-state index contributed by atoms with van der Waals surface area (Å²) in [7, 11) is 0. The summed E-state index contributed by atoms with van der Waals surface area (Å²) in [5.74, 6) is 0. The summed E-state index contributed by atoms with van der Waals surface area (Å²) in [6.45, 7) is 2.06. The van der Waals surface area contributed by atoms with E-state index in [0.717, 1.165) is 12.0 Å². The Bertz CT molecular complexity index is 383. The summed E-state index contributed by atoms with van der Waals surface area (Å²) in [5, 5.41) is 8.71. The van der Waals surface area contributed by atoms with E-state index in [-0.39, 0.29) is 0 Å². The summed E-state index contributed by atoms with van der Waals surface area (Å²) in [4.78, 5) is 13.4. The molecule has 0 amide bonds. The monoisotopic (exact) mass is 186 g/mol. The van der Waals surface area contributed by atoms with E-state index in [1.54, 1.807) is 0 Å². The van der Waals surface area contributed by atoms with Gasteiger partial charge in [-0.15, -0.1) is 0 Å². The molecule has 0 N–H and O–H groups in total. The number of isocyanates is 1. The summed E-state index contributed by atoms with van der Waals surface area (Å²) >= 11 is 0. The molecule has 3 heteroatoms. The molecule has 0 bridgehead atoms. The third-order valence-electron chi connectivity index (χ3n) is 2.01. The Morgan fingerprint density at radius 2 is 2.07 bits per heavy atom. The second-order valence-corrected chi connectivity index (χ2v) is 2.85. The van der Waals surface area contributed by atoms with E-state index in [0.29, 0.717) is 0 Å². The zero-order valence-corrected chi connectivity index (χ0v) is 7.90. The van der Waals surface area contributed by atoms with Crippen LogP contribution in [0.25, 0.3) is 0 Å². The van der Waals surface area contributed by atoms with Crippen LogP contribution in [0.2, 0.25) is 0 Å². The Morgan fingerprint density at radius 3 is 2.50 bits per heavy atom. The van der Waals surface area contributed by atoms with Crippen LogP contribution in [0.3, 0.4) is 0 Å². The SMILES string of the molecule is CCc1ccc(C(C#N)N=C=O)cc1. The fourth-order valence-corrected chi connectivity index (χ4v) is 1.17. The molecule has 0 saturated carbocycles. The van der Waals surface area contributed by atoms with Gasteiger partial charge in [-0.3, -0.25) is 0 Å². The molecule has 0 aliphatic carbocycles. The number of benzene rings is 1. The van der Waals surface area contributed by atoms with Crippen LogP contribution in [0.1, 0.15) is 24.1 Å². The van der Waals surface area contributed by atoms with Gasteiger partial charge >= 0.3 is 0 Å². The zero-order valence-electron chi connectivity index (χ0n) is 7.90. The first-order valence-corrected chi connectivity index (χ1v) is 4.37. The van der Waals surface area contributed by atoms with Crippen molar-refractivity contribution >= 4 is 6.08 Å². The quantitative estimate of drug-likeness (QED) is 0.536. The van der Waals surface area contributed by atoms with Crippen molar-refractivity contribution in [1.82, 2.24) is 0 Å². The maximum absolute atomic E-state index is 10.0. The molecule has 1 atom stereocenters. The lowest BCUT2D eigenvalue weighted by Crippen LogP contribution is -1.91. The molecule has 0 spiro atoms. The van der Waals surface area contributed by atoms with Gasteiger partial charge in [0.05, 0.1) is 6.07 Å². The molecule has 0 radical (unpaired) electrons. The van der Waals surface area contributed by atoms with E-state index in [1.165, 1.54) is 11.6 Å². The summed E-state index contributed by atoms with van der Waals surface area (Å²) in [5.41, 5.74) is 1.92. The first kappa shape index (κ1) is 10.2. The Labute approximate surface area is 82.7 Å². The standard InChI is InChI=1S/C11H10N2O/c1-2-9-3-5-10(6-4-9)11(7-12)13-8-14/h3-6,11H,2H2,1H3. The lowest BCUT2D eigenvalue weighted by Gasteiger charge is -2.02. The van der Waals surface area contributed by atoms with E-state index < -0.39 is 6.04 Å². The molecule has 1 aromatic rings. The number of aliphatic imine (C=N–C) groups is 1. The second-order valence-electron chi connectivity index (χ2n) is 2.85. The van der Waals surface area contributed by atoms with Crippen molar-refractivity contribution in [3.63, 3.8) is 0 Å². The fraction of sp³-hybridized carbons (Fsp3) is 0.273. The van der Waals surface area contributed by atoms with Crippen molar-refractivity contribution in [2.75, 3.05) is 0 Å². The minimum absolute atomic E-state index is 0.724. The fourth-order valence-electron chi connectivity index (χ4n) is 1.17.